The highest BCUT2D eigenvalue weighted by atomic mass is 32.2. The Hall–Kier alpha value is -2.13. The first-order valence-electron chi connectivity index (χ1n) is 5.65. The van der Waals surface area contributed by atoms with Crippen LogP contribution in [0.25, 0.3) is 6.08 Å². The molecule has 21 heavy (non-hydrogen) atoms. The van der Waals surface area contributed by atoms with Gasteiger partial charge in [0.05, 0.1) is 17.6 Å². The molecule has 0 aliphatic carbocycles. The lowest BCUT2D eigenvalue weighted by Crippen LogP contribution is -2.45. The smallest absolute Gasteiger partial charge is 0.327 e. The molecule has 1 saturated heterocycles. The van der Waals surface area contributed by atoms with Crippen LogP contribution < -0.4 is 0 Å². The maximum atomic E-state index is 12.2. The van der Waals surface area contributed by atoms with Crippen molar-refractivity contribution >= 4 is 52.2 Å². The molecular weight excluding hydrogens is 318 g/mol. The van der Waals surface area contributed by atoms with Gasteiger partial charge in [0.25, 0.3) is 5.91 Å². The molecule has 1 fully saturated rings. The van der Waals surface area contributed by atoms with Crippen LogP contribution in [0.2, 0.25) is 0 Å². The normalized spacial score (nSPS) is 18.3. The summed E-state index contributed by atoms with van der Waals surface area (Å²) in [7, 11) is 0. The first-order chi connectivity index (χ1) is 9.90. The fraction of sp³-hybridized carbons (Fsp3) is 0.167. The van der Waals surface area contributed by atoms with Crippen LogP contribution in [-0.2, 0) is 14.4 Å². The molecular formula is C12H9NO6S2. The summed E-state index contributed by atoms with van der Waals surface area (Å²) in [5.41, 5.74) is 0. The second-order valence-electron chi connectivity index (χ2n) is 4.02. The molecule has 1 aliphatic heterocycles. The number of hydrogen-bond donors (Lipinski definition) is 2. The highest BCUT2D eigenvalue weighted by Crippen LogP contribution is 2.34. The highest BCUT2D eigenvalue weighted by molar-refractivity contribution is 8.26. The number of rotatable bonds is 5. The van der Waals surface area contributed by atoms with Crippen LogP contribution in [0.3, 0.4) is 0 Å². The number of nitrogens with zero attached hydrogens (tertiary/aromatic N) is 1. The fourth-order valence-corrected chi connectivity index (χ4v) is 3.04. The van der Waals surface area contributed by atoms with Gasteiger partial charge in [-0.15, -0.1) is 0 Å². The molecule has 1 atom stereocenters. The minimum atomic E-state index is -1.53. The predicted octanol–water partition coefficient (Wildman–Crippen LogP) is 1.41. The minimum absolute atomic E-state index is 0.00598. The molecule has 1 aliphatic rings. The average molecular weight is 327 g/mol. The summed E-state index contributed by atoms with van der Waals surface area (Å²) in [6.07, 6.45) is 2.13. The lowest BCUT2D eigenvalue weighted by Gasteiger charge is -2.21. The number of carboxylic acids is 2. The first-order valence-corrected chi connectivity index (χ1v) is 6.88. The lowest BCUT2D eigenvalue weighted by molar-refractivity contribution is -0.150. The van der Waals surface area contributed by atoms with Gasteiger partial charge in [0.2, 0.25) is 0 Å². The number of carbonyl (C=O) groups is 3. The number of aliphatic carboxylic acids is 2. The number of thioether (sulfide) groups is 1. The molecule has 1 unspecified atom stereocenters. The molecule has 2 rings (SSSR count). The Morgan fingerprint density at radius 2 is 2.19 bits per heavy atom. The van der Waals surface area contributed by atoms with Crippen molar-refractivity contribution in [3.05, 3.63) is 29.1 Å². The van der Waals surface area contributed by atoms with Gasteiger partial charge in [-0.3, -0.25) is 14.5 Å². The Kier molecular flexibility index (Phi) is 4.43. The highest BCUT2D eigenvalue weighted by Gasteiger charge is 2.41. The Balaban J connectivity index is 2.29. The van der Waals surface area contributed by atoms with Crippen molar-refractivity contribution in [2.24, 2.45) is 0 Å². The number of carboxylic acid groups (broad SMARTS) is 2. The number of furan rings is 1. The van der Waals surface area contributed by atoms with Crippen LogP contribution in [-0.4, -0.2) is 43.3 Å². The van der Waals surface area contributed by atoms with Crippen LogP contribution in [0, 0.1) is 0 Å². The third kappa shape index (κ3) is 3.31. The zero-order valence-corrected chi connectivity index (χ0v) is 12.0. The summed E-state index contributed by atoms with van der Waals surface area (Å²) >= 11 is 5.88. The quantitative estimate of drug-likeness (QED) is 0.617. The maximum absolute atomic E-state index is 12.2. The van der Waals surface area contributed by atoms with E-state index < -0.39 is 30.3 Å². The zero-order valence-electron chi connectivity index (χ0n) is 10.4. The average Bonchev–Trinajstić information content (AvgIpc) is 2.97. The van der Waals surface area contributed by atoms with Gasteiger partial charge in [-0.25, -0.2) is 4.79 Å². The maximum Gasteiger partial charge on any atom is 0.327 e. The Morgan fingerprint density at radius 3 is 2.71 bits per heavy atom. The van der Waals surface area contributed by atoms with E-state index in [-0.39, 0.29) is 9.23 Å². The molecule has 7 nitrogen and oxygen atoms in total. The van der Waals surface area contributed by atoms with Crippen LogP contribution in [0.15, 0.2) is 27.7 Å². The number of amides is 1. The molecule has 1 aromatic rings. The molecule has 110 valence electrons. The molecule has 0 radical (unpaired) electrons. The summed E-state index contributed by atoms with van der Waals surface area (Å²) in [4.78, 5) is 35.1. The molecule has 1 aromatic heterocycles. The van der Waals surface area contributed by atoms with E-state index >= 15 is 0 Å². The Labute approximate surface area is 128 Å². The van der Waals surface area contributed by atoms with Crippen LogP contribution >= 0.6 is 24.0 Å². The Bertz CT molecular complexity index is 636. The monoisotopic (exact) mass is 327 g/mol. The van der Waals surface area contributed by atoms with Gasteiger partial charge >= 0.3 is 11.9 Å². The van der Waals surface area contributed by atoms with Gasteiger partial charge in [0.15, 0.2) is 0 Å². The van der Waals surface area contributed by atoms with Gasteiger partial charge in [0.1, 0.15) is 16.1 Å². The van der Waals surface area contributed by atoms with Crippen molar-refractivity contribution in [3.8, 4) is 0 Å². The molecule has 0 saturated carbocycles. The number of carbonyl (C=O) groups excluding carboxylic acids is 1. The largest absolute Gasteiger partial charge is 0.481 e. The molecule has 9 heteroatoms. The van der Waals surface area contributed by atoms with Crippen LogP contribution in [0.1, 0.15) is 12.2 Å². The second kappa shape index (κ2) is 6.10. The van der Waals surface area contributed by atoms with Gasteiger partial charge in [-0.05, 0) is 12.1 Å². The lowest BCUT2D eigenvalue weighted by atomic mass is 10.2. The second-order valence-corrected chi connectivity index (χ2v) is 5.69. The summed E-state index contributed by atoms with van der Waals surface area (Å²) in [5, 5.41) is 17.9. The summed E-state index contributed by atoms with van der Waals surface area (Å²) in [6.45, 7) is 0. The summed E-state index contributed by atoms with van der Waals surface area (Å²) < 4.78 is 5.08. The first kappa shape index (κ1) is 15.3. The van der Waals surface area contributed by atoms with Gasteiger partial charge in [-0.1, -0.05) is 24.0 Å². The fourth-order valence-electron chi connectivity index (χ4n) is 1.71. The van der Waals surface area contributed by atoms with E-state index in [1.54, 1.807) is 12.1 Å². The molecule has 1 amide bonds. The van der Waals surface area contributed by atoms with E-state index in [9.17, 15) is 14.4 Å². The summed E-state index contributed by atoms with van der Waals surface area (Å²) in [6, 6.07) is 1.73. The van der Waals surface area contributed by atoms with Crippen molar-refractivity contribution in [2.75, 3.05) is 0 Å². The van der Waals surface area contributed by atoms with Crippen molar-refractivity contribution < 1.29 is 29.0 Å². The van der Waals surface area contributed by atoms with E-state index in [1.165, 1.54) is 12.3 Å². The topological polar surface area (TPSA) is 108 Å². The number of thiocarbonyl (C=S) groups is 1. The molecule has 0 aromatic carbocycles. The Morgan fingerprint density at radius 1 is 1.48 bits per heavy atom. The predicted molar refractivity (Wildman–Crippen MR) is 77.4 cm³/mol. The summed E-state index contributed by atoms with van der Waals surface area (Å²) in [5.74, 6) is -2.98. The van der Waals surface area contributed by atoms with E-state index in [2.05, 4.69) is 0 Å². The van der Waals surface area contributed by atoms with Gasteiger partial charge < -0.3 is 14.6 Å². The van der Waals surface area contributed by atoms with Crippen molar-refractivity contribution in [1.82, 2.24) is 4.90 Å². The molecule has 2 N–H and O–H groups in total. The zero-order chi connectivity index (χ0) is 15.6. The van der Waals surface area contributed by atoms with E-state index in [0.717, 1.165) is 16.7 Å². The van der Waals surface area contributed by atoms with E-state index in [4.69, 9.17) is 26.8 Å². The van der Waals surface area contributed by atoms with Crippen molar-refractivity contribution in [2.45, 2.75) is 12.5 Å². The van der Waals surface area contributed by atoms with E-state index in [0.29, 0.717) is 5.76 Å². The van der Waals surface area contributed by atoms with Crippen LogP contribution in [0.4, 0.5) is 0 Å². The minimum Gasteiger partial charge on any atom is -0.481 e. The molecule has 2 heterocycles. The number of hydrogen-bond acceptors (Lipinski definition) is 6. The third-order valence-electron chi connectivity index (χ3n) is 2.60. The molecule has 0 spiro atoms. The van der Waals surface area contributed by atoms with Crippen molar-refractivity contribution in [3.63, 3.8) is 0 Å². The third-order valence-corrected chi connectivity index (χ3v) is 3.94. The standard InChI is InChI=1S/C12H9NO6S2/c14-9(15)5-7(11(17)18)13-10(16)8(21-12(13)20)4-6-2-1-3-19-6/h1-4,7H,5H2,(H,14,15)(H,17,18)/b8-4+. The van der Waals surface area contributed by atoms with Crippen molar-refractivity contribution in [1.29, 1.82) is 0 Å². The van der Waals surface area contributed by atoms with Crippen LogP contribution in [0.5, 0.6) is 0 Å². The van der Waals surface area contributed by atoms with Gasteiger partial charge in [0, 0.05) is 6.08 Å². The molecule has 0 bridgehead atoms. The van der Waals surface area contributed by atoms with Gasteiger partial charge in [-0.2, -0.15) is 0 Å². The SMILES string of the molecule is O=C(O)CC(C(=O)O)N1C(=O)/C(=C\c2ccco2)SC1=S. The van der Waals surface area contributed by atoms with E-state index in [1.807, 2.05) is 0 Å².